The van der Waals surface area contributed by atoms with Gasteiger partial charge in [0.2, 0.25) is 5.82 Å². The van der Waals surface area contributed by atoms with E-state index in [9.17, 15) is 9.59 Å². The highest BCUT2D eigenvalue weighted by Gasteiger charge is 2.12. The number of H-pyrrole nitrogens is 1. The number of benzene rings is 2. The van der Waals surface area contributed by atoms with E-state index in [0.717, 1.165) is 4.47 Å². The summed E-state index contributed by atoms with van der Waals surface area (Å²) in [4.78, 5) is 24.2. The van der Waals surface area contributed by atoms with Crippen LogP contribution in [0.15, 0.2) is 59.2 Å². The molecule has 0 aliphatic carbocycles. The average molecular weight is 453 g/mol. The number of ketones is 1. The highest BCUT2D eigenvalue weighted by molar-refractivity contribution is 9.10. The van der Waals surface area contributed by atoms with Crippen LogP contribution >= 0.6 is 15.9 Å². The monoisotopic (exact) mass is 452 g/mol. The van der Waals surface area contributed by atoms with Gasteiger partial charge in [0.25, 0.3) is 0 Å². The van der Waals surface area contributed by atoms with Gasteiger partial charge in [-0.3, -0.25) is 4.79 Å². The number of aromatic amines is 1. The number of aromatic nitrogens is 4. The summed E-state index contributed by atoms with van der Waals surface area (Å²) < 4.78 is 5.93. The van der Waals surface area contributed by atoms with Crippen LogP contribution in [0.2, 0.25) is 0 Å². The minimum atomic E-state index is -0.609. The van der Waals surface area contributed by atoms with Crippen LogP contribution in [-0.4, -0.2) is 39.0 Å². The number of esters is 1. The summed E-state index contributed by atoms with van der Waals surface area (Å²) in [6, 6.07) is 15.1. The number of hydrogen-bond acceptors (Lipinski definition) is 8. The molecule has 9 nitrogen and oxygen atoms in total. The Labute approximate surface area is 173 Å². The van der Waals surface area contributed by atoms with Crippen molar-refractivity contribution in [2.24, 2.45) is 0 Å². The van der Waals surface area contributed by atoms with Gasteiger partial charge in [0.05, 0.1) is 5.56 Å². The molecule has 0 fully saturated rings. The maximum absolute atomic E-state index is 12.1. The van der Waals surface area contributed by atoms with Crippen LogP contribution in [0.5, 0.6) is 0 Å². The quantitative estimate of drug-likeness (QED) is 0.317. The third-order valence-electron chi connectivity index (χ3n) is 3.71. The van der Waals surface area contributed by atoms with Gasteiger partial charge in [-0.05, 0) is 41.6 Å². The summed E-state index contributed by atoms with van der Waals surface area (Å²) in [7, 11) is 0. The lowest BCUT2D eigenvalue weighted by atomic mass is 10.1. The molecule has 2 aromatic carbocycles. The first-order valence-electron chi connectivity index (χ1n) is 8.23. The van der Waals surface area contributed by atoms with Crippen molar-refractivity contribution in [3.63, 3.8) is 0 Å². The Balaban J connectivity index is 1.56. The molecule has 3 aromatic rings. The molecular weight excluding hydrogens is 440 g/mol. The molecule has 2 N–H and O–H groups in total. The Kier molecular flexibility index (Phi) is 6.44. The Morgan fingerprint density at radius 1 is 1.14 bits per heavy atom. The molecule has 1 aromatic heterocycles. The highest BCUT2D eigenvalue weighted by atomic mass is 79.9. The topological polar surface area (TPSA) is 134 Å². The van der Waals surface area contributed by atoms with Gasteiger partial charge in [-0.15, -0.1) is 10.2 Å². The molecular formula is C19H13BrN6O3. The maximum Gasteiger partial charge on any atom is 0.338 e. The van der Waals surface area contributed by atoms with Crippen LogP contribution in [0.25, 0.3) is 5.57 Å². The number of anilines is 1. The van der Waals surface area contributed by atoms with Gasteiger partial charge in [-0.2, -0.15) is 10.5 Å². The lowest BCUT2D eigenvalue weighted by molar-refractivity contribution is 0.0475. The maximum atomic E-state index is 12.1. The van der Waals surface area contributed by atoms with Gasteiger partial charge in [0, 0.05) is 21.9 Å². The van der Waals surface area contributed by atoms with E-state index in [1.54, 1.807) is 48.5 Å². The SMILES string of the molecule is N#CC(=CNc1ccc(C(=O)OCC(=O)c2ccc(Br)cc2)cc1)c1nn[nH]n1. The molecule has 0 unspecified atom stereocenters. The van der Waals surface area contributed by atoms with Gasteiger partial charge in [-0.1, -0.05) is 28.1 Å². The van der Waals surface area contributed by atoms with E-state index in [2.05, 4.69) is 41.9 Å². The van der Waals surface area contributed by atoms with Gasteiger partial charge in [0.1, 0.15) is 11.6 Å². The number of nitrogens with zero attached hydrogens (tertiary/aromatic N) is 4. The minimum absolute atomic E-state index is 0.163. The van der Waals surface area contributed by atoms with Crippen LogP contribution in [0.1, 0.15) is 26.5 Å². The molecule has 3 rings (SSSR count). The van der Waals surface area contributed by atoms with Crippen molar-refractivity contribution >= 4 is 38.9 Å². The number of nitrogens with one attached hydrogen (secondary N) is 2. The molecule has 0 saturated carbocycles. The Hall–Kier alpha value is -3.84. The van der Waals surface area contributed by atoms with Crippen molar-refractivity contribution in [2.45, 2.75) is 0 Å². The molecule has 0 aliphatic rings. The van der Waals surface area contributed by atoms with Gasteiger partial charge in [0.15, 0.2) is 12.4 Å². The summed E-state index contributed by atoms with van der Waals surface area (Å²) >= 11 is 3.29. The predicted octanol–water partition coefficient (Wildman–Crippen LogP) is 2.98. The average Bonchev–Trinajstić information content (AvgIpc) is 3.28. The molecule has 29 heavy (non-hydrogen) atoms. The van der Waals surface area contributed by atoms with E-state index in [-0.39, 0.29) is 23.8 Å². The summed E-state index contributed by atoms with van der Waals surface area (Å²) in [5.41, 5.74) is 1.57. The molecule has 0 spiro atoms. The molecule has 10 heteroatoms. The van der Waals surface area contributed by atoms with Crippen LogP contribution in [0.4, 0.5) is 5.69 Å². The van der Waals surface area contributed by atoms with Crippen LogP contribution in [-0.2, 0) is 4.74 Å². The van der Waals surface area contributed by atoms with E-state index in [1.165, 1.54) is 6.20 Å². The predicted molar refractivity (Wildman–Crippen MR) is 107 cm³/mol. The number of nitriles is 1. The van der Waals surface area contributed by atoms with Gasteiger partial charge in [-0.25, -0.2) is 4.79 Å². The summed E-state index contributed by atoms with van der Waals surface area (Å²) in [6.07, 6.45) is 1.43. The Morgan fingerprint density at radius 3 is 2.45 bits per heavy atom. The molecule has 0 atom stereocenters. The number of carbonyl (C=O) groups excluding carboxylic acids is 2. The number of allylic oxidation sites excluding steroid dienone is 1. The standard InChI is InChI=1S/C19H13BrN6O3/c20-15-5-1-12(2-6-15)17(27)11-29-19(28)13-3-7-16(8-4-13)22-10-14(9-21)18-23-25-26-24-18/h1-8,10,22H,11H2,(H,23,24,25,26). The van der Waals surface area contributed by atoms with E-state index in [4.69, 9.17) is 10.00 Å². The number of halogens is 1. The van der Waals surface area contributed by atoms with E-state index in [1.807, 2.05) is 6.07 Å². The molecule has 0 saturated heterocycles. The zero-order valence-corrected chi connectivity index (χ0v) is 16.4. The Bertz CT molecular complexity index is 1070. The summed E-state index contributed by atoms with van der Waals surface area (Å²) in [5, 5.41) is 25.2. The normalized spacial score (nSPS) is 10.8. The van der Waals surface area contributed by atoms with Crippen LogP contribution in [0.3, 0.4) is 0 Å². The van der Waals surface area contributed by atoms with Crippen LogP contribution < -0.4 is 5.32 Å². The van der Waals surface area contributed by atoms with Crippen molar-refractivity contribution in [3.05, 3.63) is 76.2 Å². The lowest BCUT2D eigenvalue weighted by Crippen LogP contribution is -2.14. The first-order chi connectivity index (χ1) is 14.1. The van der Waals surface area contributed by atoms with Gasteiger partial charge >= 0.3 is 5.97 Å². The van der Waals surface area contributed by atoms with Crippen LogP contribution in [0, 0.1) is 11.3 Å². The van der Waals surface area contributed by atoms with Crippen molar-refractivity contribution < 1.29 is 14.3 Å². The molecule has 0 amide bonds. The van der Waals surface area contributed by atoms with E-state index < -0.39 is 5.97 Å². The molecule has 0 aliphatic heterocycles. The zero-order valence-electron chi connectivity index (χ0n) is 14.8. The van der Waals surface area contributed by atoms with E-state index in [0.29, 0.717) is 16.8 Å². The number of tetrazole rings is 1. The fourth-order valence-corrected chi connectivity index (χ4v) is 2.48. The number of ether oxygens (including phenoxy) is 1. The fraction of sp³-hybridized carbons (Fsp3) is 0.0526. The smallest absolute Gasteiger partial charge is 0.338 e. The third kappa shape index (κ3) is 5.33. The molecule has 144 valence electrons. The minimum Gasteiger partial charge on any atom is -0.454 e. The molecule has 0 radical (unpaired) electrons. The number of rotatable bonds is 7. The highest BCUT2D eigenvalue weighted by Crippen LogP contribution is 2.14. The van der Waals surface area contributed by atoms with Crippen molar-refractivity contribution in [1.29, 1.82) is 5.26 Å². The number of hydrogen-bond donors (Lipinski definition) is 2. The second-order valence-corrected chi connectivity index (χ2v) is 6.55. The Morgan fingerprint density at radius 2 is 1.83 bits per heavy atom. The van der Waals surface area contributed by atoms with Crippen molar-refractivity contribution in [3.8, 4) is 6.07 Å². The summed E-state index contributed by atoms with van der Waals surface area (Å²) in [6.45, 7) is -0.348. The largest absolute Gasteiger partial charge is 0.454 e. The fourth-order valence-electron chi connectivity index (χ4n) is 2.21. The first-order valence-corrected chi connectivity index (χ1v) is 9.02. The first kappa shape index (κ1) is 19.9. The van der Waals surface area contributed by atoms with Crippen molar-refractivity contribution in [2.75, 3.05) is 11.9 Å². The number of Topliss-reactive ketones (excluding diaryl/α,β-unsaturated/α-hetero) is 1. The molecule has 1 heterocycles. The third-order valence-corrected chi connectivity index (χ3v) is 4.24. The second kappa shape index (κ2) is 9.38. The van der Waals surface area contributed by atoms with E-state index >= 15 is 0 Å². The zero-order chi connectivity index (χ0) is 20.6. The lowest BCUT2D eigenvalue weighted by Gasteiger charge is -2.06. The summed E-state index contributed by atoms with van der Waals surface area (Å²) in [5.74, 6) is -0.738. The number of carbonyl (C=O) groups is 2. The van der Waals surface area contributed by atoms with Gasteiger partial charge < -0.3 is 10.1 Å². The molecule has 0 bridgehead atoms. The second-order valence-electron chi connectivity index (χ2n) is 5.63. The van der Waals surface area contributed by atoms with Crippen molar-refractivity contribution in [1.82, 2.24) is 20.6 Å².